The third-order valence-electron chi connectivity index (χ3n) is 2.38. The van der Waals surface area contributed by atoms with Crippen LogP contribution in [-0.4, -0.2) is 31.5 Å². The zero-order valence-corrected chi connectivity index (χ0v) is 10.8. The number of nitrogens with one attached hydrogen (secondary N) is 1. The van der Waals surface area contributed by atoms with Gasteiger partial charge in [0.05, 0.1) is 24.7 Å². The first-order valence-electron chi connectivity index (χ1n) is 5.89. The smallest absolute Gasteiger partial charge is 0.330 e. The second-order valence-electron chi connectivity index (χ2n) is 4.10. The zero-order chi connectivity index (χ0) is 15.9. The van der Waals surface area contributed by atoms with E-state index >= 15 is 0 Å². The molecule has 21 heavy (non-hydrogen) atoms. The number of carbonyl (C=O) groups excluding carboxylic acids is 1. The standard InChI is InChI=1S/C13H12F4N2O2/c14-12(15)13(16,17)8-21-6-5-11(20)19-10-3-1-9(7-18)2-4-10/h1-4,12H,5-6,8H2,(H,19,20). The van der Waals surface area contributed by atoms with Gasteiger partial charge in [0.1, 0.15) is 6.61 Å². The van der Waals surface area contributed by atoms with Crippen molar-refractivity contribution in [3.05, 3.63) is 29.8 Å². The minimum atomic E-state index is -4.22. The highest BCUT2D eigenvalue weighted by Gasteiger charge is 2.40. The summed E-state index contributed by atoms with van der Waals surface area (Å²) in [7, 11) is 0. The highest BCUT2D eigenvalue weighted by atomic mass is 19.3. The summed E-state index contributed by atoms with van der Waals surface area (Å²) in [5.41, 5.74) is 0.850. The minimum absolute atomic E-state index is 0.251. The Bertz CT molecular complexity index is 512. The van der Waals surface area contributed by atoms with Crippen LogP contribution in [0.3, 0.4) is 0 Å². The molecule has 0 aromatic heterocycles. The largest absolute Gasteiger partial charge is 0.374 e. The van der Waals surface area contributed by atoms with Crippen LogP contribution in [0.4, 0.5) is 23.2 Å². The number of rotatable bonds is 7. The molecule has 0 heterocycles. The van der Waals surface area contributed by atoms with Crippen molar-refractivity contribution < 1.29 is 27.1 Å². The molecule has 0 aliphatic rings. The molecular formula is C13H12F4N2O2. The van der Waals surface area contributed by atoms with Gasteiger partial charge < -0.3 is 10.1 Å². The molecule has 8 heteroatoms. The molecule has 0 aliphatic carbocycles. The van der Waals surface area contributed by atoms with Gasteiger partial charge in [-0.2, -0.15) is 14.0 Å². The number of hydrogen-bond donors (Lipinski definition) is 1. The van der Waals surface area contributed by atoms with Crippen molar-refractivity contribution in [1.29, 1.82) is 5.26 Å². The quantitative estimate of drug-likeness (QED) is 0.622. The molecule has 0 fully saturated rings. The van der Waals surface area contributed by atoms with Gasteiger partial charge >= 0.3 is 12.3 Å². The van der Waals surface area contributed by atoms with Crippen LogP contribution >= 0.6 is 0 Å². The maximum Gasteiger partial charge on any atom is 0.330 e. The average Bonchev–Trinajstić information content (AvgIpc) is 2.44. The van der Waals surface area contributed by atoms with Crippen LogP contribution < -0.4 is 5.32 Å². The predicted octanol–water partition coefficient (Wildman–Crippen LogP) is 2.80. The lowest BCUT2D eigenvalue weighted by Crippen LogP contribution is -2.32. The summed E-state index contributed by atoms with van der Waals surface area (Å²) in [6.45, 7) is -1.83. The van der Waals surface area contributed by atoms with Crippen molar-refractivity contribution in [2.24, 2.45) is 0 Å². The SMILES string of the molecule is N#Cc1ccc(NC(=O)CCOCC(F)(F)C(F)F)cc1. The summed E-state index contributed by atoms with van der Waals surface area (Å²) >= 11 is 0. The first-order chi connectivity index (χ1) is 9.85. The summed E-state index contributed by atoms with van der Waals surface area (Å²) < 4.78 is 53.0. The van der Waals surface area contributed by atoms with Gasteiger partial charge in [-0.15, -0.1) is 0 Å². The molecule has 1 N–H and O–H groups in total. The molecule has 1 amide bonds. The van der Waals surface area contributed by atoms with E-state index in [1.807, 2.05) is 6.07 Å². The highest BCUT2D eigenvalue weighted by molar-refractivity contribution is 5.90. The Kier molecular flexibility index (Phi) is 6.11. The lowest BCUT2D eigenvalue weighted by Gasteiger charge is -2.14. The number of halogens is 4. The van der Waals surface area contributed by atoms with E-state index in [1.54, 1.807) is 0 Å². The number of ether oxygens (including phenoxy) is 1. The Hall–Kier alpha value is -2.14. The molecule has 1 rings (SSSR count). The van der Waals surface area contributed by atoms with Crippen molar-refractivity contribution in [3.63, 3.8) is 0 Å². The minimum Gasteiger partial charge on any atom is -0.374 e. The second kappa shape index (κ2) is 7.59. The molecular weight excluding hydrogens is 292 g/mol. The van der Waals surface area contributed by atoms with Gasteiger partial charge in [0.25, 0.3) is 0 Å². The summed E-state index contributed by atoms with van der Waals surface area (Å²) in [5, 5.41) is 11.0. The van der Waals surface area contributed by atoms with Crippen molar-refractivity contribution in [2.45, 2.75) is 18.8 Å². The first-order valence-corrected chi connectivity index (χ1v) is 5.89. The lowest BCUT2D eigenvalue weighted by molar-refractivity contribution is -0.166. The Morgan fingerprint density at radius 3 is 2.48 bits per heavy atom. The number of anilines is 1. The van der Waals surface area contributed by atoms with E-state index in [-0.39, 0.29) is 6.42 Å². The van der Waals surface area contributed by atoms with E-state index < -0.39 is 31.5 Å². The van der Waals surface area contributed by atoms with Crippen molar-refractivity contribution >= 4 is 11.6 Å². The highest BCUT2D eigenvalue weighted by Crippen LogP contribution is 2.22. The third kappa shape index (κ3) is 5.79. The fourth-order valence-corrected chi connectivity index (χ4v) is 1.29. The molecule has 0 bridgehead atoms. The van der Waals surface area contributed by atoms with Gasteiger partial charge in [0.15, 0.2) is 0 Å². The molecule has 1 aromatic rings. The van der Waals surface area contributed by atoms with Crippen LogP contribution in [0.15, 0.2) is 24.3 Å². The van der Waals surface area contributed by atoms with Gasteiger partial charge in [-0.1, -0.05) is 0 Å². The van der Waals surface area contributed by atoms with Gasteiger partial charge in [0.2, 0.25) is 5.91 Å². The predicted molar refractivity (Wildman–Crippen MR) is 66.2 cm³/mol. The molecule has 0 aliphatic heterocycles. The van der Waals surface area contributed by atoms with Crippen LogP contribution in [0.2, 0.25) is 0 Å². The molecule has 0 atom stereocenters. The van der Waals surface area contributed by atoms with E-state index in [4.69, 9.17) is 5.26 Å². The third-order valence-corrected chi connectivity index (χ3v) is 2.38. The van der Waals surface area contributed by atoms with Crippen LogP contribution in [0.25, 0.3) is 0 Å². The number of nitrogens with zero attached hydrogens (tertiary/aromatic N) is 1. The summed E-state index contributed by atoms with van der Waals surface area (Å²) in [5.74, 6) is -4.73. The van der Waals surface area contributed by atoms with Crippen LogP contribution in [0, 0.1) is 11.3 Å². The Labute approximate surface area is 118 Å². The van der Waals surface area contributed by atoms with Crippen LogP contribution in [0.5, 0.6) is 0 Å². The maximum atomic E-state index is 12.5. The van der Waals surface area contributed by atoms with E-state index in [0.29, 0.717) is 11.3 Å². The lowest BCUT2D eigenvalue weighted by atomic mass is 10.2. The molecule has 0 spiro atoms. The Morgan fingerprint density at radius 2 is 1.95 bits per heavy atom. The molecule has 4 nitrogen and oxygen atoms in total. The van der Waals surface area contributed by atoms with Gasteiger partial charge in [0, 0.05) is 5.69 Å². The Morgan fingerprint density at radius 1 is 1.33 bits per heavy atom. The molecule has 1 aromatic carbocycles. The number of hydrogen-bond acceptors (Lipinski definition) is 3. The zero-order valence-electron chi connectivity index (χ0n) is 10.8. The van der Waals surface area contributed by atoms with Crippen LogP contribution in [0.1, 0.15) is 12.0 Å². The average molecular weight is 304 g/mol. The molecule has 0 radical (unpaired) electrons. The first kappa shape index (κ1) is 16.9. The topological polar surface area (TPSA) is 62.1 Å². The number of nitriles is 1. The summed E-state index contributed by atoms with van der Waals surface area (Å²) in [6.07, 6.45) is -4.05. The Balaban J connectivity index is 2.30. The number of alkyl halides is 4. The molecule has 0 saturated carbocycles. The molecule has 0 unspecified atom stereocenters. The summed E-state index contributed by atoms with van der Waals surface area (Å²) in [6, 6.07) is 7.90. The number of benzene rings is 1. The van der Waals surface area contributed by atoms with Gasteiger partial charge in [-0.05, 0) is 24.3 Å². The van der Waals surface area contributed by atoms with E-state index in [2.05, 4.69) is 10.1 Å². The monoisotopic (exact) mass is 304 g/mol. The second-order valence-corrected chi connectivity index (χ2v) is 4.10. The van der Waals surface area contributed by atoms with Crippen molar-refractivity contribution in [2.75, 3.05) is 18.5 Å². The van der Waals surface area contributed by atoms with Gasteiger partial charge in [-0.25, -0.2) is 8.78 Å². The fraction of sp³-hybridized carbons (Fsp3) is 0.385. The molecule has 0 saturated heterocycles. The number of carbonyl (C=O) groups is 1. The summed E-state index contributed by atoms with van der Waals surface area (Å²) in [4.78, 5) is 11.4. The van der Waals surface area contributed by atoms with Crippen molar-refractivity contribution in [1.82, 2.24) is 0 Å². The maximum absolute atomic E-state index is 12.5. The van der Waals surface area contributed by atoms with Crippen molar-refractivity contribution in [3.8, 4) is 6.07 Å². The number of amides is 1. The van der Waals surface area contributed by atoms with E-state index in [1.165, 1.54) is 24.3 Å². The fourth-order valence-electron chi connectivity index (χ4n) is 1.29. The van der Waals surface area contributed by atoms with E-state index in [9.17, 15) is 22.4 Å². The van der Waals surface area contributed by atoms with Crippen LogP contribution in [-0.2, 0) is 9.53 Å². The normalized spacial score (nSPS) is 11.2. The van der Waals surface area contributed by atoms with Gasteiger partial charge in [-0.3, -0.25) is 4.79 Å². The van der Waals surface area contributed by atoms with E-state index in [0.717, 1.165) is 0 Å². The molecule has 114 valence electrons.